The molecule has 2 heterocycles. The molecule has 1 N–H and O–H groups in total. The van der Waals surface area contributed by atoms with Gasteiger partial charge in [0.15, 0.2) is 11.5 Å². The van der Waals surface area contributed by atoms with Crippen LogP contribution in [0, 0.1) is 6.92 Å². The van der Waals surface area contributed by atoms with Gasteiger partial charge in [-0.3, -0.25) is 4.79 Å². The van der Waals surface area contributed by atoms with Crippen molar-refractivity contribution in [1.29, 1.82) is 0 Å². The van der Waals surface area contributed by atoms with Crippen LogP contribution in [0.1, 0.15) is 27.0 Å². The van der Waals surface area contributed by atoms with Crippen molar-refractivity contribution in [3.8, 4) is 22.6 Å². The first kappa shape index (κ1) is 16.9. The summed E-state index contributed by atoms with van der Waals surface area (Å²) in [5, 5.41) is 3.96. The van der Waals surface area contributed by atoms with Gasteiger partial charge in [0, 0.05) is 17.5 Å². The molecule has 0 spiro atoms. The number of carbonyl (C=O) groups is 1. The third-order valence-corrected chi connectivity index (χ3v) is 5.33. The van der Waals surface area contributed by atoms with Crippen LogP contribution in [0.5, 0.6) is 11.5 Å². The molecular weight excluding hydrogens is 371 g/mol. The van der Waals surface area contributed by atoms with Crippen LogP contribution in [-0.4, -0.2) is 12.7 Å². The quantitative estimate of drug-likeness (QED) is 0.654. The van der Waals surface area contributed by atoms with Crippen LogP contribution in [0.4, 0.5) is 13.2 Å². The van der Waals surface area contributed by atoms with Gasteiger partial charge in [-0.25, -0.2) is 0 Å². The van der Waals surface area contributed by atoms with E-state index in [1.807, 2.05) is 0 Å². The van der Waals surface area contributed by atoms with Gasteiger partial charge in [0.05, 0.1) is 5.56 Å². The summed E-state index contributed by atoms with van der Waals surface area (Å²) in [6.45, 7) is 1.97. The predicted molar refractivity (Wildman–Crippen MR) is 96.4 cm³/mol. The van der Waals surface area contributed by atoms with Crippen molar-refractivity contribution in [2.75, 3.05) is 6.79 Å². The third kappa shape index (κ3) is 2.22. The Bertz CT molecular complexity index is 1170. The number of rotatable bonds is 1. The monoisotopic (exact) mass is 385 g/mol. The molecule has 0 aromatic heterocycles. The highest BCUT2D eigenvalue weighted by atomic mass is 19.4. The lowest BCUT2D eigenvalue weighted by molar-refractivity contribution is -0.137. The van der Waals surface area contributed by atoms with E-state index in [-0.39, 0.29) is 24.8 Å². The third-order valence-electron chi connectivity index (χ3n) is 5.33. The number of halogens is 3. The minimum absolute atomic E-state index is 0.00210. The molecule has 0 fully saturated rings. The smallest absolute Gasteiger partial charge is 0.417 e. The minimum atomic E-state index is -4.54. The second-order valence-electron chi connectivity index (χ2n) is 6.80. The summed E-state index contributed by atoms with van der Waals surface area (Å²) in [6.07, 6.45) is -4.54. The topological polar surface area (TPSA) is 47.6 Å². The molecule has 3 aromatic carbocycles. The van der Waals surface area contributed by atoms with Crippen LogP contribution < -0.4 is 14.8 Å². The van der Waals surface area contributed by atoms with Crippen LogP contribution in [0.3, 0.4) is 0 Å². The molecule has 5 rings (SSSR count). The van der Waals surface area contributed by atoms with E-state index in [0.717, 1.165) is 6.07 Å². The minimum Gasteiger partial charge on any atom is -0.454 e. The van der Waals surface area contributed by atoms with Crippen molar-refractivity contribution in [1.82, 2.24) is 5.32 Å². The Labute approximate surface area is 157 Å². The van der Waals surface area contributed by atoms with E-state index >= 15 is 0 Å². The fourth-order valence-electron chi connectivity index (χ4n) is 4.16. The molecule has 0 atom stereocenters. The van der Waals surface area contributed by atoms with Crippen molar-refractivity contribution < 1.29 is 27.4 Å². The van der Waals surface area contributed by atoms with Gasteiger partial charge < -0.3 is 14.8 Å². The molecule has 4 nitrogen and oxygen atoms in total. The molecule has 7 heteroatoms. The lowest BCUT2D eigenvalue weighted by atomic mass is 9.85. The maximum absolute atomic E-state index is 13.8. The summed E-state index contributed by atoms with van der Waals surface area (Å²) < 4.78 is 52.4. The molecule has 1 amide bonds. The van der Waals surface area contributed by atoms with Gasteiger partial charge in [-0.15, -0.1) is 0 Å². The average Bonchev–Trinajstić information content (AvgIpc) is 3.28. The highest BCUT2D eigenvalue weighted by Gasteiger charge is 2.37. The molecule has 0 radical (unpaired) electrons. The van der Waals surface area contributed by atoms with Crippen LogP contribution in [0.15, 0.2) is 36.4 Å². The number of carbonyl (C=O) groups excluding carboxylic acids is 1. The fourth-order valence-corrected chi connectivity index (χ4v) is 4.16. The highest BCUT2D eigenvalue weighted by molar-refractivity contribution is 6.14. The lowest BCUT2D eigenvalue weighted by Crippen LogP contribution is -2.13. The molecule has 2 aliphatic rings. The normalized spacial score (nSPS) is 15.1. The Hall–Kier alpha value is -3.22. The van der Waals surface area contributed by atoms with Crippen LogP contribution in [0.25, 0.3) is 21.9 Å². The van der Waals surface area contributed by atoms with E-state index in [0.29, 0.717) is 44.5 Å². The molecule has 0 saturated heterocycles. The standard InChI is InChI=1S/C21H14F3NO3/c1-10-11-6-7-15-19(28-9-27-15)18(11)17(13-8-25-20(26)16(10)13)12-4-2-3-5-14(12)21(22,23)24/h2-7H,8-9H2,1H3,(H,25,26). The summed E-state index contributed by atoms with van der Waals surface area (Å²) in [4.78, 5) is 12.4. The van der Waals surface area contributed by atoms with Gasteiger partial charge in [0.2, 0.25) is 6.79 Å². The zero-order valence-corrected chi connectivity index (χ0v) is 14.7. The van der Waals surface area contributed by atoms with Crippen LogP contribution in [0.2, 0.25) is 0 Å². The van der Waals surface area contributed by atoms with Gasteiger partial charge in [-0.2, -0.15) is 13.2 Å². The number of benzene rings is 3. The average molecular weight is 385 g/mol. The molecule has 2 aliphatic heterocycles. The number of fused-ring (bicyclic) bond motifs is 4. The molecule has 0 aliphatic carbocycles. The second kappa shape index (κ2) is 5.64. The second-order valence-corrected chi connectivity index (χ2v) is 6.80. The van der Waals surface area contributed by atoms with E-state index in [2.05, 4.69) is 5.32 Å². The number of aryl methyl sites for hydroxylation is 1. The summed E-state index contributed by atoms with van der Waals surface area (Å²) in [6, 6.07) is 8.90. The Kier molecular flexibility index (Phi) is 3.41. The zero-order chi connectivity index (χ0) is 19.6. The number of hydrogen-bond acceptors (Lipinski definition) is 3. The Morgan fingerprint density at radius 2 is 1.82 bits per heavy atom. The Morgan fingerprint density at radius 3 is 2.61 bits per heavy atom. The summed E-state index contributed by atoms with van der Waals surface area (Å²) >= 11 is 0. The molecular formula is C21H14F3NO3. The van der Waals surface area contributed by atoms with Crippen LogP contribution >= 0.6 is 0 Å². The first-order valence-electron chi connectivity index (χ1n) is 8.70. The Balaban J connectivity index is 2.00. The van der Waals surface area contributed by atoms with E-state index in [1.54, 1.807) is 25.1 Å². The number of alkyl halides is 3. The largest absolute Gasteiger partial charge is 0.454 e. The number of ether oxygens (including phenoxy) is 2. The van der Waals surface area contributed by atoms with Crippen molar-refractivity contribution in [2.45, 2.75) is 19.6 Å². The van der Waals surface area contributed by atoms with Crippen molar-refractivity contribution >= 4 is 16.7 Å². The number of amides is 1. The molecule has 0 bridgehead atoms. The maximum Gasteiger partial charge on any atom is 0.417 e. The van der Waals surface area contributed by atoms with Crippen molar-refractivity contribution in [2.24, 2.45) is 0 Å². The van der Waals surface area contributed by atoms with Gasteiger partial charge >= 0.3 is 6.18 Å². The zero-order valence-electron chi connectivity index (χ0n) is 14.7. The van der Waals surface area contributed by atoms with Gasteiger partial charge in [0.1, 0.15) is 0 Å². The fraction of sp³-hybridized carbons (Fsp3) is 0.190. The van der Waals surface area contributed by atoms with Crippen LogP contribution in [-0.2, 0) is 12.7 Å². The first-order valence-corrected chi connectivity index (χ1v) is 8.70. The lowest BCUT2D eigenvalue weighted by Gasteiger charge is -2.20. The molecule has 0 unspecified atom stereocenters. The first-order chi connectivity index (χ1) is 13.4. The number of hydrogen-bond donors (Lipinski definition) is 1. The summed E-state index contributed by atoms with van der Waals surface area (Å²) in [5.74, 6) is 0.613. The maximum atomic E-state index is 13.8. The molecule has 0 saturated carbocycles. The van der Waals surface area contributed by atoms with E-state index in [9.17, 15) is 18.0 Å². The molecule has 28 heavy (non-hydrogen) atoms. The molecule has 3 aromatic rings. The van der Waals surface area contributed by atoms with E-state index in [1.165, 1.54) is 12.1 Å². The van der Waals surface area contributed by atoms with Gasteiger partial charge in [0.25, 0.3) is 5.91 Å². The van der Waals surface area contributed by atoms with E-state index < -0.39 is 11.7 Å². The SMILES string of the molecule is Cc1c2c(c(-c3ccccc3C(F)(F)F)c3c4c(ccc13)OCO4)CNC2=O. The van der Waals surface area contributed by atoms with Crippen molar-refractivity contribution in [3.05, 3.63) is 58.7 Å². The molecule has 142 valence electrons. The highest BCUT2D eigenvalue weighted by Crippen LogP contribution is 2.50. The van der Waals surface area contributed by atoms with Crippen molar-refractivity contribution in [3.63, 3.8) is 0 Å². The number of nitrogens with one attached hydrogen (secondary N) is 1. The summed E-state index contributed by atoms with van der Waals surface area (Å²) in [7, 11) is 0. The predicted octanol–water partition coefficient (Wildman–Crippen LogP) is 4.81. The van der Waals surface area contributed by atoms with Gasteiger partial charge in [-0.1, -0.05) is 24.3 Å². The van der Waals surface area contributed by atoms with E-state index in [4.69, 9.17) is 9.47 Å². The summed E-state index contributed by atoms with van der Waals surface area (Å²) in [5.41, 5.74) is 1.33. The van der Waals surface area contributed by atoms with Gasteiger partial charge in [-0.05, 0) is 46.7 Å². The Morgan fingerprint density at radius 1 is 1.04 bits per heavy atom.